The predicted octanol–water partition coefficient (Wildman–Crippen LogP) is 2.84. The standard InChI is InChI=1S/C26H29N5O2/c1-19-17-29(15-13-20-9-5-3-6-10-20)25-27-23-22(31(25)18-19)24(32)30(26(33)28(23)2)16-14-21-11-7-4-8-12-21/h3-12,19H,13-18H2,1-2H3/t19-/m1/s1. The second-order valence-electron chi connectivity index (χ2n) is 9.02. The van der Waals surface area contributed by atoms with Gasteiger partial charge in [-0.2, -0.15) is 4.98 Å². The van der Waals surface area contributed by atoms with Gasteiger partial charge in [0, 0.05) is 33.2 Å². The van der Waals surface area contributed by atoms with Gasteiger partial charge in [-0.05, 0) is 29.9 Å². The maximum absolute atomic E-state index is 13.5. The maximum atomic E-state index is 13.5. The van der Waals surface area contributed by atoms with E-state index < -0.39 is 0 Å². The van der Waals surface area contributed by atoms with Crippen LogP contribution in [0.3, 0.4) is 0 Å². The van der Waals surface area contributed by atoms with Crippen LogP contribution in [-0.4, -0.2) is 31.8 Å². The number of nitrogens with zero attached hydrogens (tertiary/aromatic N) is 5. The molecule has 170 valence electrons. The first kappa shape index (κ1) is 21.2. The molecule has 2 aromatic carbocycles. The second-order valence-corrected chi connectivity index (χ2v) is 9.02. The zero-order valence-corrected chi connectivity index (χ0v) is 19.1. The van der Waals surface area contributed by atoms with E-state index in [-0.39, 0.29) is 11.2 Å². The van der Waals surface area contributed by atoms with E-state index in [2.05, 4.69) is 36.1 Å². The number of hydrogen-bond acceptors (Lipinski definition) is 4. The first-order valence-corrected chi connectivity index (χ1v) is 11.6. The van der Waals surface area contributed by atoms with Crippen LogP contribution in [0, 0.1) is 5.92 Å². The average molecular weight is 444 g/mol. The van der Waals surface area contributed by atoms with Gasteiger partial charge < -0.3 is 9.47 Å². The molecular weight excluding hydrogens is 414 g/mol. The van der Waals surface area contributed by atoms with Crippen LogP contribution < -0.4 is 16.1 Å². The first-order chi connectivity index (χ1) is 16.0. The fraction of sp³-hybridized carbons (Fsp3) is 0.346. The Morgan fingerprint density at radius 3 is 2.12 bits per heavy atom. The monoisotopic (exact) mass is 443 g/mol. The van der Waals surface area contributed by atoms with Gasteiger partial charge in [0.2, 0.25) is 5.95 Å². The molecule has 0 bridgehead atoms. The number of rotatable bonds is 6. The lowest BCUT2D eigenvalue weighted by Gasteiger charge is -2.33. The Labute approximate surface area is 192 Å². The van der Waals surface area contributed by atoms with Gasteiger partial charge in [-0.15, -0.1) is 0 Å². The number of anilines is 1. The van der Waals surface area contributed by atoms with Crippen LogP contribution in [0.2, 0.25) is 0 Å². The minimum atomic E-state index is -0.317. The van der Waals surface area contributed by atoms with Crippen LogP contribution in [0.5, 0.6) is 0 Å². The highest BCUT2D eigenvalue weighted by molar-refractivity contribution is 5.75. The molecule has 0 saturated heterocycles. The Hall–Kier alpha value is -3.61. The van der Waals surface area contributed by atoms with Crippen molar-refractivity contribution >= 4 is 17.1 Å². The van der Waals surface area contributed by atoms with Crippen LogP contribution in [-0.2, 0) is 33.0 Å². The summed E-state index contributed by atoms with van der Waals surface area (Å²) in [5.41, 5.74) is 2.80. The molecule has 0 aliphatic carbocycles. The van der Waals surface area contributed by atoms with Crippen molar-refractivity contribution in [2.24, 2.45) is 13.0 Å². The summed E-state index contributed by atoms with van der Waals surface area (Å²) in [4.78, 5) is 33.6. The highest BCUT2D eigenvalue weighted by Gasteiger charge is 2.28. The molecular formula is C26H29N5O2. The number of fused-ring (bicyclic) bond motifs is 3. The van der Waals surface area contributed by atoms with Crippen molar-refractivity contribution in [3.63, 3.8) is 0 Å². The van der Waals surface area contributed by atoms with E-state index in [0.29, 0.717) is 30.0 Å². The predicted molar refractivity (Wildman–Crippen MR) is 131 cm³/mol. The number of aromatic nitrogens is 4. The third kappa shape index (κ3) is 3.99. The minimum absolute atomic E-state index is 0.250. The zero-order chi connectivity index (χ0) is 22.9. The number of hydrogen-bond donors (Lipinski definition) is 0. The first-order valence-electron chi connectivity index (χ1n) is 11.6. The van der Waals surface area contributed by atoms with E-state index >= 15 is 0 Å². The third-order valence-corrected chi connectivity index (χ3v) is 6.50. The molecule has 1 aliphatic heterocycles. The molecule has 1 aliphatic rings. The van der Waals surface area contributed by atoms with Crippen molar-refractivity contribution in [1.29, 1.82) is 0 Å². The summed E-state index contributed by atoms with van der Waals surface area (Å²) in [6.07, 6.45) is 1.53. The molecule has 33 heavy (non-hydrogen) atoms. The lowest BCUT2D eigenvalue weighted by Crippen LogP contribution is -2.41. The lowest BCUT2D eigenvalue weighted by atomic mass is 10.1. The van der Waals surface area contributed by atoms with Crippen molar-refractivity contribution in [2.75, 3.05) is 18.0 Å². The van der Waals surface area contributed by atoms with Crippen LogP contribution in [0.25, 0.3) is 11.2 Å². The summed E-state index contributed by atoms with van der Waals surface area (Å²) in [5.74, 6) is 1.16. The normalized spacial score (nSPS) is 15.7. The van der Waals surface area contributed by atoms with Crippen LogP contribution >= 0.6 is 0 Å². The van der Waals surface area contributed by atoms with Crippen LogP contribution in [0.1, 0.15) is 18.1 Å². The van der Waals surface area contributed by atoms with E-state index in [9.17, 15) is 9.59 Å². The van der Waals surface area contributed by atoms with Gasteiger partial charge in [-0.1, -0.05) is 67.6 Å². The molecule has 0 radical (unpaired) electrons. The van der Waals surface area contributed by atoms with Gasteiger partial charge in [0.15, 0.2) is 11.2 Å². The molecule has 7 heteroatoms. The summed E-state index contributed by atoms with van der Waals surface area (Å²) in [6, 6.07) is 20.3. The van der Waals surface area contributed by atoms with Gasteiger partial charge in [0.05, 0.1) is 0 Å². The molecule has 0 amide bonds. The van der Waals surface area contributed by atoms with Gasteiger partial charge in [0.25, 0.3) is 5.56 Å². The zero-order valence-electron chi connectivity index (χ0n) is 19.1. The fourth-order valence-corrected chi connectivity index (χ4v) is 4.78. The van der Waals surface area contributed by atoms with Gasteiger partial charge >= 0.3 is 5.69 Å². The number of imidazole rings is 1. The molecule has 3 heterocycles. The molecule has 0 fully saturated rings. The summed E-state index contributed by atoms with van der Waals surface area (Å²) >= 11 is 0. The fourth-order valence-electron chi connectivity index (χ4n) is 4.78. The summed E-state index contributed by atoms with van der Waals surface area (Å²) in [5, 5.41) is 0. The quantitative estimate of drug-likeness (QED) is 0.460. The van der Waals surface area contributed by atoms with E-state index in [4.69, 9.17) is 4.98 Å². The highest BCUT2D eigenvalue weighted by atomic mass is 16.2. The highest BCUT2D eigenvalue weighted by Crippen LogP contribution is 2.27. The number of aryl methyl sites for hydroxylation is 2. The average Bonchev–Trinajstić information content (AvgIpc) is 3.22. The largest absolute Gasteiger partial charge is 0.342 e. The lowest BCUT2D eigenvalue weighted by molar-refractivity contribution is 0.436. The van der Waals surface area contributed by atoms with Crippen molar-refractivity contribution in [2.45, 2.75) is 32.9 Å². The van der Waals surface area contributed by atoms with E-state index in [1.54, 1.807) is 7.05 Å². The molecule has 5 rings (SSSR count). The van der Waals surface area contributed by atoms with Crippen LogP contribution in [0.15, 0.2) is 70.3 Å². The van der Waals surface area contributed by atoms with E-state index in [1.165, 1.54) is 14.7 Å². The molecule has 0 saturated carbocycles. The topological polar surface area (TPSA) is 65.1 Å². The second kappa shape index (κ2) is 8.73. The van der Waals surface area contributed by atoms with Gasteiger partial charge in [0.1, 0.15) is 0 Å². The summed E-state index contributed by atoms with van der Waals surface area (Å²) in [6.45, 7) is 4.96. The van der Waals surface area contributed by atoms with Crippen molar-refractivity contribution in [1.82, 2.24) is 18.7 Å². The van der Waals surface area contributed by atoms with E-state index in [0.717, 1.165) is 37.6 Å². The summed E-state index contributed by atoms with van der Waals surface area (Å²) < 4.78 is 4.90. The smallest absolute Gasteiger partial charge is 0.332 e. The van der Waals surface area contributed by atoms with Gasteiger partial charge in [-0.3, -0.25) is 13.9 Å². The van der Waals surface area contributed by atoms with Crippen molar-refractivity contribution in [3.05, 3.63) is 92.6 Å². The molecule has 1 atom stereocenters. The van der Waals surface area contributed by atoms with Crippen molar-refractivity contribution in [3.8, 4) is 0 Å². The van der Waals surface area contributed by atoms with Crippen molar-refractivity contribution < 1.29 is 0 Å². The Balaban J connectivity index is 1.53. The summed E-state index contributed by atoms with van der Waals surface area (Å²) in [7, 11) is 1.71. The molecule has 4 aromatic rings. The molecule has 2 aromatic heterocycles. The molecule has 0 N–H and O–H groups in total. The Morgan fingerprint density at radius 1 is 0.879 bits per heavy atom. The van der Waals surface area contributed by atoms with Gasteiger partial charge in [-0.25, -0.2) is 4.79 Å². The Morgan fingerprint density at radius 2 is 1.48 bits per heavy atom. The molecule has 0 spiro atoms. The Bertz CT molecular complexity index is 1390. The maximum Gasteiger partial charge on any atom is 0.332 e. The third-order valence-electron chi connectivity index (χ3n) is 6.50. The number of benzene rings is 2. The van der Waals surface area contributed by atoms with Crippen LogP contribution in [0.4, 0.5) is 5.95 Å². The molecule has 0 unspecified atom stereocenters. The van der Waals surface area contributed by atoms with E-state index in [1.807, 2.05) is 41.0 Å². The Kier molecular flexibility index (Phi) is 5.62. The minimum Gasteiger partial charge on any atom is -0.342 e. The molecule has 7 nitrogen and oxygen atoms in total. The SMILES string of the molecule is C[C@@H]1CN(CCc2ccccc2)c2nc3c(c(=O)n(CCc4ccccc4)c(=O)n3C)n2C1.